The minimum atomic E-state index is -1.10. The number of fused-ring (bicyclic) bond motifs is 4. The molecule has 0 saturated heterocycles. The van der Waals surface area contributed by atoms with Gasteiger partial charge in [0.15, 0.2) is 0 Å². The highest BCUT2D eigenvalue weighted by Crippen LogP contribution is 2.38. The molecule has 0 bridgehead atoms. The van der Waals surface area contributed by atoms with Crippen LogP contribution in [0, 0.1) is 0 Å². The summed E-state index contributed by atoms with van der Waals surface area (Å²) in [6, 6.07) is 22.0. The summed E-state index contributed by atoms with van der Waals surface area (Å²) in [5.74, 6) is -1.02. The highest BCUT2D eigenvalue weighted by Gasteiger charge is 2.24. The molecule has 4 heteroatoms. The monoisotopic (exact) mass is 358 g/mol. The van der Waals surface area contributed by atoms with Gasteiger partial charge in [-0.2, -0.15) is 0 Å². The van der Waals surface area contributed by atoms with E-state index in [2.05, 4.69) is 18.2 Å². The predicted octanol–water partition coefficient (Wildman–Crippen LogP) is 5.27. The zero-order valence-corrected chi connectivity index (χ0v) is 15.1. The lowest BCUT2D eigenvalue weighted by molar-refractivity contribution is -0.186. The van der Waals surface area contributed by atoms with Crippen LogP contribution in [0.1, 0.15) is 25.7 Å². The van der Waals surface area contributed by atoms with E-state index in [9.17, 15) is 9.59 Å². The van der Waals surface area contributed by atoms with Crippen LogP contribution in [0.3, 0.4) is 0 Å². The highest BCUT2D eigenvalue weighted by atomic mass is 16.7. The van der Waals surface area contributed by atoms with Crippen LogP contribution in [0.2, 0.25) is 0 Å². The Bertz CT molecular complexity index is 1180. The Hall–Kier alpha value is -3.40. The van der Waals surface area contributed by atoms with Gasteiger partial charge >= 0.3 is 11.9 Å². The quantitative estimate of drug-likeness (QED) is 0.217. The van der Waals surface area contributed by atoms with Gasteiger partial charge in [0.25, 0.3) is 6.29 Å². The van der Waals surface area contributed by atoms with Crippen LogP contribution >= 0.6 is 0 Å². The Labute approximate surface area is 156 Å². The second kappa shape index (κ2) is 6.72. The van der Waals surface area contributed by atoms with Crippen LogP contribution in [0.15, 0.2) is 66.7 Å². The van der Waals surface area contributed by atoms with Gasteiger partial charge in [-0.15, -0.1) is 0 Å². The number of hydrogen-bond acceptors (Lipinski definition) is 4. The van der Waals surface area contributed by atoms with Gasteiger partial charge in [-0.1, -0.05) is 60.7 Å². The largest absolute Gasteiger partial charge is 0.421 e. The van der Waals surface area contributed by atoms with E-state index < -0.39 is 18.2 Å². The smallest absolute Gasteiger partial charge is 0.305 e. The fourth-order valence-electron chi connectivity index (χ4n) is 3.55. The number of esters is 2. The molecule has 4 aromatic carbocycles. The molecule has 0 spiro atoms. The Balaban J connectivity index is 2.12. The average molecular weight is 358 g/mol. The van der Waals surface area contributed by atoms with Crippen molar-refractivity contribution < 1.29 is 19.1 Å². The molecule has 4 rings (SSSR count). The summed E-state index contributed by atoms with van der Waals surface area (Å²) in [7, 11) is 0. The van der Waals surface area contributed by atoms with Crippen LogP contribution in [-0.4, -0.2) is 11.9 Å². The van der Waals surface area contributed by atoms with E-state index in [1.54, 1.807) is 0 Å². The van der Waals surface area contributed by atoms with Gasteiger partial charge in [-0.25, -0.2) is 0 Å². The van der Waals surface area contributed by atoms with E-state index in [4.69, 9.17) is 9.47 Å². The molecule has 0 aliphatic carbocycles. The Morgan fingerprint density at radius 3 is 1.93 bits per heavy atom. The van der Waals surface area contributed by atoms with Gasteiger partial charge in [-0.3, -0.25) is 9.59 Å². The molecular weight excluding hydrogens is 340 g/mol. The van der Waals surface area contributed by atoms with Gasteiger partial charge < -0.3 is 9.47 Å². The third-order valence-corrected chi connectivity index (χ3v) is 4.59. The minimum Gasteiger partial charge on any atom is -0.421 e. The summed E-state index contributed by atoms with van der Waals surface area (Å²) in [5, 5.41) is 5.98. The van der Waals surface area contributed by atoms with Crippen molar-refractivity contribution in [3.05, 3.63) is 72.3 Å². The average Bonchev–Trinajstić information content (AvgIpc) is 2.64. The number of carbonyl (C=O) groups excluding carboxylic acids is 2. The lowest BCUT2D eigenvalue weighted by Gasteiger charge is -2.21. The summed E-state index contributed by atoms with van der Waals surface area (Å²) < 4.78 is 10.8. The zero-order valence-electron chi connectivity index (χ0n) is 15.1. The highest BCUT2D eigenvalue weighted by molar-refractivity contribution is 6.14. The normalized spacial score (nSPS) is 11.2. The Morgan fingerprint density at radius 1 is 0.667 bits per heavy atom. The third-order valence-electron chi connectivity index (χ3n) is 4.59. The third kappa shape index (κ3) is 3.10. The predicted molar refractivity (Wildman–Crippen MR) is 105 cm³/mol. The summed E-state index contributed by atoms with van der Waals surface area (Å²) in [6.07, 6.45) is -1.10. The molecular formula is C23H18O4. The van der Waals surface area contributed by atoms with E-state index in [0.717, 1.165) is 32.3 Å². The first-order valence-electron chi connectivity index (χ1n) is 8.72. The number of carbonyl (C=O) groups is 2. The summed E-state index contributed by atoms with van der Waals surface area (Å²) in [6.45, 7) is 2.61. The number of benzene rings is 4. The number of hydrogen-bond donors (Lipinski definition) is 0. The number of ether oxygens (including phenoxy) is 2. The van der Waals surface area contributed by atoms with Crippen molar-refractivity contribution >= 4 is 44.3 Å². The Morgan fingerprint density at radius 2 is 1.26 bits per heavy atom. The maximum Gasteiger partial charge on any atom is 0.305 e. The lowest BCUT2D eigenvalue weighted by Crippen LogP contribution is -2.15. The zero-order chi connectivity index (χ0) is 19.0. The molecule has 0 aliphatic rings. The first kappa shape index (κ1) is 17.0. The second-order valence-corrected chi connectivity index (χ2v) is 6.44. The SMILES string of the molecule is CC(=O)OC(OC(C)=O)c1c2ccccc2cc2c1ccc1ccccc12. The van der Waals surface area contributed by atoms with Crippen molar-refractivity contribution in [2.45, 2.75) is 20.1 Å². The maximum absolute atomic E-state index is 11.7. The molecule has 27 heavy (non-hydrogen) atoms. The summed E-state index contributed by atoms with van der Waals surface area (Å²) in [5.41, 5.74) is 0.680. The van der Waals surface area contributed by atoms with E-state index >= 15 is 0 Å². The van der Waals surface area contributed by atoms with Gasteiger partial charge in [0.2, 0.25) is 0 Å². The van der Waals surface area contributed by atoms with Crippen LogP contribution in [-0.2, 0) is 19.1 Å². The number of rotatable bonds is 3. The standard InChI is InChI=1S/C23H18O4/c1-14(24)26-23(27-15(2)25)22-19-10-6-4-8-17(19)13-21-18-9-5-3-7-16(18)11-12-20(21)22/h3-13,23H,1-2H3. The molecule has 0 fully saturated rings. The van der Waals surface area contributed by atoms with Crippen molar-refractivity contribution in [1.29, 1.82) is 0 Å². The molecule has 0 amide bonds. The minimum absolute atomic E-state index is 0.511. The van der Waals surface area contributed by atoms with Crippen molar-refractivity contribution in [2.75, 3.05) is 0 Å². The van der Waals surface area contributed by atoms with Crippen molar-refractivity contribution in [3.8, 4) is 0 Å². The molecule has 0 radical (unpaired) electrons. The molecule has 0 heterocycles. The lowest BCUT2D eigenvalue weighted by atomic mass is 9.93. The molecule has 4 nitrogen and oxygen atoms in total. The molecule has 0 N–H and O–H groups in total. The van der Waals surface area contributed by atoms with Crippen LogP contribution in [0.4, 0.5) is 0 Å². The molecule has 134 valence electrons. The second-order valence-electron chi connectivity index (χ2n) is 6.44. The van der Waals surface area contributed by atoms with Gasteiger partial charge in [-0.05, 0) is 38.4 Å². The first-order chi connectivity index (χ1) is 13.0. The summed E-state index contributed by atoms with van der Waals surface area (Å²) >= 11 is 0. The van der Waals surface area contributed by atoms with Crippen molar-refractivity contribution in [3.63, 3.8) is 0 Å². The van der Waals surface area contributed by atoms with Crippen LogP contribution in [0.5, 0.6) is 0 Å². The molecule has 4 aromatic rings. The van der Waals surface area contributed by atoms with Gasteiger partial charge in [0, 0.05) is 19.4 Å². The fourth-order valence-corrected chi connectivity index (χ4v) is 3.55. The van der Waals surface area contributed by atoms with E-state index in [1.165, 1.54) is 13.8 Å². The Kier molecular flexibility index (Phi) is 4.24. The maximum atomic E-state index is 11.7. The molecule has 0 aromatic heterocycles. The molecule has 0 aliphatic heterocycles. The van der Waals surface area contributed by atoms with Crippen molar-refractivity contribution in [2.24, 2.45) is 0 Å². The molecule has 0 atom stereocenters. The molecule has 0 unspecified atom stereocenters. The van der Waals surface area contributed by atoms with Gasteiger partial charge in [0.05, 0.1) is 0 Å². The fraction of sp³-hybridized carbons (Fsp3) is 0.130. The van der Waals surface area contributed by atoms with E-state index in [-0.39, 0.29) is 0 Å². The van der Waals surface area contributed by atoms with Crippen LogP contribution < -0.4 is 0 Å². The topological polar surface area (TPSA) is 52.6 Å². The van der Waals surface area contributed by atoms with Crippen molar-refractivity contribution in [1.82, 2.24) is 0 Å². The van der Waals surface area contributed by atoms with Crippen LogP contribution in [0.25, 0.3) is 32.3 Å². The first-order valence-corrected chi connectivity index (χ1v) is 8.72. The van der Waals surface area contributed by atoms with E-state index in [1.807, 2.05) is 48.5 Å². The molecule has 0 saturated carbocycles. The summed E-state index contributed by atoms with van der Waals surface area (Å²) in [4.78, 5) is 23.4. The van der Waals surface area contributed by atoms with Gasteiger partial charge in [0.1, 0.15) is 0 Å². The van der Waals surface area contributed by atoms with E-state index in [0.29, 0.717) is 5.56 Å².